The van der Waals surface area contributed by atoms with Crippen molar-refractivity contribution in [2.75, 3.05) is 5.32 Å². The van der Waals surface area contributed by atoms with Crippen LogP contribution in [0.15, 0.2) is 48.2 Å². The molecule has 0 amide bonds. The lowest BCUT2D eigenvalue weighted by Gasteiger charge is -2.20. The molecule has 0 bridgehead atoms. The largest absolute Gasteiger partial charge is 0.359 e. The van der Waals surface area contributed by atoms with E-state index in [1.54, 1.807) is 6.33 Å². The zero-order valence-electron chi connectivity index (χ0n) is 15.6. The molecule has 26 heavy (non-hydrogen) atoms. The van der Waals surface area contributed by atoms with Crippen LogP contribution < -0.4 is 5.32 Å². The van der Waals surface area contributed by atoms with Gasteiger partial charge in [-0.15, -0.1) is 0 Å². The number of carbonyl (C=O) groups is 1. The van der Waals surface area contributed by atoms with E-state index in [4.69, 9.17) is 0 Å². The molecule has 0 saturated carbocycles. The number of anilines is 1. The highest BCUT2D eigenvalue weighted by Crippen LogP contribution is 2.26. The predicted molar refractivity (Wildman–Crippen MR) is 103 cm³/mol. The normalized spacial score (nSPS) is 12.9. The van der Waals surface area contributed by atoms with Gasteiger partial charge in [-0.1, -0.05) is 18.2 Å². The number of carbonyl (C=O) groups excluding carboxylic acids is 1. The molecular formula is C20H23N5O. The van der Waals surface area contributed by atoms with E-state index in [1.165, 1.54) is 35.8 Å². The van der Waals surface area contributed by atoms with E-state index in [2.05, 4.69) is 58.4 Å². The van der Waals surface area contributed by atoms with Crippen molar-refractivity contribution in [2.24, 2.45) is 0 Å². The summed E-state index contributed by atoms with van der Waals surface area (Å²) in [4.78, 5) is 23.4. The maximum atomic E-state index is 11.2. The summed E-state index contributed by atoms with van der Waals surface area (Å²) in [5.74, 6) is -0.0845. The van der Waals surface area contributed by atoms with Gasteiger partial charge in [0.15, 0.2) is 11.4 Å². The Kier molecular flexibility index (Phi) is 5.11. The fourth-order valence-corrected chi connectivity index (χ4v) is 2.89. The number of nitrogens with one attached hydrogen (secondary N) is 1. The average Bonchev–Trinajstić information content (AvgIpc) is 3.06. The van der Waals surface area contributed by atoms with Gasteiger partial charge in [-0.2, -0.15) is 0 Å². The number of aryl methyl sites for hydroxylation is 1. The van der Waals surface area contributed by atoms with Gasteiger partial charge in [0.1, 0.15) is 17.5 Å². The van der Waals surface area contributed by atoms with Gasteiger partial charge in [0.05, 0.1) is 6.33 Å². The first-order valence-electron chi connectivity index (χ1n) is 8.69. The second-order valence-electron chi connectivity index (χ2n) is 6.35. The van der Waals surface area contributed by atoms with Crippen LogP contribution in [0.3, 0.4) is 0 Å². The number of hydrogen-bond acceptors (Lipinski definition) is 5. The molecule has 0 atom stereocenters. The Bertz CT molecular complexity index is 954. The zero-order chi connectivity index (χ0) is 18.7. The Morgan fingerprint density at radius 3 is 2.69 bits per heavy atom. The van der Waals surface area contributed by atoms with Gasteiger partial charge in [-0.3, -0.25) is 4.79 Å². The first-order chi connectivity index (χ1) is 12.5. The van der Waals surface area contributed by atoms with Gasteiger partial charge >= 0.3 is 0 Å². The number of Topliss-reactive ketones (excluding diaryl/α,β-unsaturated/α-hetero) is 1. The minimum Gasteiger partial charge on any atom is -0.359 e. The highest BCUT2D eigenvalue weighted by atomic mass is 16.1. The molecule has 0 saturated heterocycles. The molecule has 0 spiro atoms. The smallest absolute Gasteiger partial charge is 0.180 e. The first-order valence-corrected chi connectivity index (χ1v) is 8.69. The fourth-order valence-electron chi connectivity index (χ4n) is 2.89. The van der Waals surface area contributed by atoms with Gasteiger partial charge in [0.25, 0.3) is 0 Å². The molecule has 1 aliphatic rings. The third kappa shape index (κ3) is 3.49. The molecular weight excluding hydrogens is 326 g/mol. The molecule has 0 radical (unpaired) electrons. The van der Waals surface area contributed by atoms with Gasteiger partial charge in [-0.25, -0.2) is 15.0 Å². The minimum absolute atomic E-state index is 0.0845. The van der Waals surface area contributed by atoms with Crippen LogP contribution in [0.1, 0.15) is 43.7 Å². The molecule has 3 aromatic rings. The Morgan fingerprint density at radius 1 is 1.19 bits per heavy atom. The number of allylic oxidation sites excluding steroid dienone is 2. The fraction of sp³-hybridized carbons (Fsp3) is 0.300. The van der Waals surface area contributed by atoms with Gasteiger partial charge < -0.3 is 9.88 Å². The van der Waals surface area contributed by atoms with Crippen LogP contribution in [0.25, 0.3) is 11.2 Å². The van der Waals surface area contributed by atoms with E-state index in [-0.39, 0.29) is 5.78 Å². The molecule has 0 unspecified atom stereocenters. The van der Waals surface area contributed by atoms with Crippen molar-refractivity contribution in [3.05, 3.63) is 59.4 Å². The highest BCUT2D eigenvalue weighted by molar-refractivity contribution is 6.01. The summed E-state index contributed by atoms with van der Waals surface area (Å²) in [7, 11) is 0. The highest BCUT2D eigenvalue weighted by Gasteiger charge is 2.12. The molecule has 6 heteroatoms. The Balaban J connectivity index is 0.000000152. The van der Waals surface area contributed by atoms with Crippen LogP contribution in [0.2, 0.25) is 0 Å². The summed E-state index contributed by atoms with van der Waals surface area (Å²) in [5.41, 5.74) is 7.10. The predicted octanol–water partition coefficient (Wildman–Crippen LogP) is 4.00. The van der Waals surface area contributed by atoms with Crippen LogP contribution >= 0.6 is 0 Å². The van der Waals surface area contributed by atoms with Crippen LogP contribution in [-0.2, 0) is 13.0 Å². The minimum atomic E-state index is -0.0845. The number of aromatic nitrogens is 4. The molecule has 1 aliphatic heterocycles. The maximum Gasteiger partial charge on any atom is 0.180 e. The van der Waals surface area contributed by atoms with E-state index >= 15 is 0 Å². The van der Waals surface area contributed by atoms with Crippen LogP contribution in [0.4, 0.5) is 5.69 Å². The van der Waals surface area contributed by atoms with Crippen LogP contribution in [0.5, 0.6) is 0 Å². The number of imidazole rings is 1. The third-order valence-corrected chi connectivity index (χ3v) is 4.51. The summed E-state index contributed by atoms with van der Waals surface area (Å²) in [6.45, 7) is 8.57. The summed E-state index contributed by atoms with van der Waals surface area (Å²) in [6.07, 6.45) is 4.16. The van der Waals surface area contributed by atoms with Crippen molar-refractivity contribution in [1.29, 1.82) is 0 Å². The van der Waals surface area contributed by atoms with Crippen LogP contribution in [-0.4, -0.2) is 25.3 Å². The number of ketones is 1. The Hall–Kier alpha value is -3.02. The number of nitrogens with zero attached hydrogens (tertiary/aromatic N) is 4. The molecule has 3 heterocycles. The maximum absolute atomic E-state index is 11.2. The molecule has 0 fully saturated rings. The van der Waals surface area contributed by atoms with Crippen molar-refractivity contribution < 1.29 is 4.79 Å². The number of benzene rings is 1. The lowest BCUT2D eigenvalue weighted by atomic mass is 9.99. The van der Waals surface area contributed by atoms with E-state index < -0.39 is 0 Å². The molecule has 0 aliphatic carbocycles. The standard InChI is InChI=1S/C11H13N.C9H10N4O/c1-8-7-10-5-3-4-6-11(10)12-9(8)2;1-3-13-5-12-8-7(6(2)14)10-4-11-9(8)13/h3-6,12H,7H2,1-2H3;4-5H,3H2,1-2H3. The van der Waals surface area contributed by atoms with E-state index in [0.717, 1.165) is 13.0 Å². The molecule has 1 N–H and O–H groups in total. The summed E-state index contributed by atoms with van der Waals surface area (Å²) in [5, 5.41) is 3.39. The van der Waals surface area contributed by atoms with Crippen molar-refractivity contribution in [1.82, 2.24) is 19.5 Å². The average molecular weight is 349 g/mol. The number of fused-ring (bicyclic) bond motifs is 2. The van der Waals surface area contributed by atoms with E-state index in [1.807, 2.05) is 11.5 Å². The quantitative estimate of drug-likeness (QED) is 0.708. The van der Waals surface area contributed by atoms with Crippen molar-refractivity contribution >= 4 is 22.6 Å². The Labute approximate surface area is 153 Å². The third-order valence-electron chi connectivity index (χ3n) is 4.51. The molecule has 6 nitrogen and oxygen atoms in total. The van der Waals surface area contributed by atoms with Gasteiger partial charge in [-0.05, 0) is 44.4 Å². The monoisotopic (exact) mass is 349 g/mol. The van der Waals surface area contributed by atoms with Gasteiger partial charge in [0.2, 0.25) is 0 Å². The molecule has 1 aromatic carbocycles. The number of para-hydroxylation sites is 1. The van der Waals surface area contributed by atoms with Gasteiger partial charge in [0, 0.05) is 24.9 Å². The summed E-state index contributed by atoms with van der Waals surface area (Å²) in [6, 6.07) is 8.47. The van der Waals surface area contributed by atoms with Crippen molar-refractivity contribution in [3.63, 3.8) is 0 Å². The van der Waals surface area contributed by atoms with E-state index in [0.29, 0.717) is 16.9 Å². The molecule has 4 rings (SSSR count). The lowest BCUT2D eigenvalue weighted by molar-refractivity contribution is 0.101. The number of rotatable bonds is 2. The Morgan fingerprint density at radius 2 is 1.96 bits per heavy atom. The second kappa shape index (κ2) is 7.47. The molecule has 134 valence electrons. The lowest BCUT2D eigenvalue weighted by Crippen LogP contribution is -2.08. The van der Waals surface area contributed by atoms with Crippen molar-refractivity contribution in [3.8, 4) is 0 Å². The first kappa shape index (κ1) is 17.8. The topological polar surface area (TPSA) is 72.7 Å². The zero-order valence-corrected chi connectivity index (χ0v) is 15.6. The molecule has 2 aromatic heterocycles. The second-order valence-corrected chi connectivity index (χ2v) is 6.35. The van der Waals surface area contributed by atoms with Crippen LogP contribution in [0, 0.1) is 0 Å². The number of hydrogen-bond donors (Lipinski definition) is 1. The van der Waals surface area contributed by atoms with E-state index in [9.17, 15) is 4.79 Å². The SMILES string of the molecule is CC1=C(C)Nc2ccccc2C1.CCn1cnc2c(C(C)=O)ncnc21. The van der Waals surface area contributed by atoms with Crippen molar-refractivity contribution in [2.45, 2.75) is 40.7 Å². The summed E-state index contributed by atoms with van der Waals surface area (Å²) >= 11 is 0. The summed E-state index contributed by atoms with van der Waals surface area (Å²) < 4.78 is 1.88.